The maximum Gasteiger partial charge on any atom is 0.179 e. The van der Waals surface area contributed by atoms with Crippen LogP contribution in [0.25, 0.3) is 0 Å². The molecule has 0 radical (unpaired) electrons. The molecule has 0 aliphatic carbocycles. The summed E-state index contributed by atoms with van der Waals surface area (Å²) in [6.45, 7) is 16.8. The summed E-state index contributed by atoms with van der Waals surface area (Å²) >= 11 is 5.85. The Labute approximate surface area is 402 Å². The van der Waals surface area contributed by atoms with E-state index in [9.17, 15) is 13.6 Å². The second-order valence-electron chi connectivity index (χ2n) is 18.7. The lowest BCUT2D eigenvalue weighted by atomic mass is 9.84. The van der Waals surface area contributed by atoms with Crippen molar-refractivity contribution in [3.63, 3.8) is 0 Å². The SMILES string of the molecule is CC(NC(C)(C)C)C(=O)c1cccc(Cl)c1.CN1Cc2c(N)cccc2C(c2ccccc2)C1.Fc1ccc(C(OCCN2CCN(CCCc3ccccc3)CC2)c2ccc(F)cc2)cc1. The van der Waals surface area contributed by atoms with E-state index >= 15 is 0 Å². The number of likely N-dealkylation sites (N-methyl/N-ethyl adjacent to an activating group) is 1. The normalized spacial score (nSPS) is 16.0. The minimum absolute atomic E-state index is 0.0671. The van der Waals surface area contributed by atoms with Crippen LogP contribution in [0.5, 0.6) is 0 Å². The molecule has 6 aromatic rings. The van der Waals surface area contributed by atoms with Crippen molar-refractivity contribution in [2.75, 3.05) is 65.2 Å². The van der Waals surface area contributed by atoms with Gasteiger partial charge in [0.05, 0.1) is 12.6 Å². The smallest absolute Gasteiger partial charge is 0.179 e. The average Bonchev–Trinajstić information content (AvgIpc) is 3.32. The first-order valence-electron chi connectivity index (χ1n) is 23.5. The average molecular weight is 929 g/mol. The number of nitrogens with two attached hydrogens (primary N) is 1. The number of halogens is 3. The molecule has 0 spiro atoms. The molecule has 1 fully saturated rings. The van der Waals surface area contributed by atoms with Crippen LogP contribution in [0, 0.1) is 11.6 Å². The van der Waals surface area contributed by atoms with Crippen LogP contribution in [-0.4, -0.2) is 91.5 Å². The van der Waals surface area contributed by atoms with E-state index in [0.717, 1.165) is 75.6 Å². The number of rotatable bonds is 14. The second-order valence-corrected chi connectivity index (χ2v) is 19.1. The summed E-state index contributed by atoms with van der Waals surface area (Å²) in [6, 6.07) is 47.2. The van der Waals surface area contributed by atoms with Crippen LogP contribution in [0.1, 0.15) is 89.9 Å². The molecule has 7 nitrogen and oxygen atoms in total. The van der Waals surface area contributed by atoms with Crippen LogP contribution in [0.15, 0.2) is 152 Å². The maximum absolute atomic E-state index is 13.4. The molecular formula is C57H68ClF2N5O2. The molecular weight excluding hydrogens is 860 g/mol. The van der Waals surface area contributed by atoms with Gasteiger partial charge in [0, 0.05) is 73.5 Å². The lowest BCUT2D eigenvalue weighted by Gasteiger charge is -2.35. The summed E-state index contributed by atoms with van der Waals surface area (Å²) in [6.07, 6.45) is 1.97. The number of carbonyl (C=O) groups is 1. The van der Waals surface area contributed by atoms with Gasteiger partial charge in [0.25, 0.3) is 0 Å². The molecule has 0 amide bonds. The van der Waals surface area contributed by atoms with E-state index in [4.69, 9.17) is 22.1 Å². The number of nitrogens with one attached hydrogen (secondary N) is 1. The Morgan fingerprint density at radius 1 is 0.761 bits per heavy atom. The Morgan fingerprint density at radius 2 is 1.33 bits per heavy atom. The number of nitrogen functional groups attached to an aromatic ring is 1. The van der Waals surface area contributed by atoms with Crippen LogP contribution in [0.2, 0.25) is 5.02 Å². The Morgan fingerprint density at radius 3 is 1.91 bits per heavy atom. The molecule has 8 rings (SSSR count). The number of hydrogen-bond donors (Lipinski definition) is 2. The molecule has 2 unspecified atom stereocenters. The summed E-state index contributed by atoms with van der Waals surface area (Å²) in [5, 5.41) is 3.84. The molecule has 6 aromatic carbocycles. The van der Waals surface area contributed by atoms with Crippen LogP contribution in [0.3, 0.4) is 0 Å². The third-order valence-electron chi connectivity index (χ3n) is 12.2. The highest BCUT2D eigenvalue weighted by Crippen LogP contribution is 2.35. The lowest BCUT2D eigenvalue weighted by molar-refractivity contribution is 0.0451. The Bertz CT molecular complexity index is 2360. The van der Waals surface area contributed by atoms with Crippen LogP contribution >= 0.6 is 11.6 Å². The topological polar surface area (TPSA) is 74.1 Å². The first-order valence-corrected chi connectivity index (χ1v) is 23.9. The molecule has 0 aromatic heterocycles. The van der Waals surface area contributed by atoms with Gasteiger partial charge in [-0.3, -0.25) is 9.69 Å². The summed E-state index contributed by atoms with van der Waals surface area (Å²) in [5.41, 5.74) is 14.8. The highest BCUT2D eigenvalue weighted by Gasteiger charge is 2.26. The molecule has 2 aliphatic heterocycles. The number of benzene rings is 6. The van der Waals surface area contributed by atoms with Crippen molar-refractivity contribution in [3.05, 3.63) is 207 Å². The zero-order valence-electron chi connectivity index (χ0n) is 39.8. The van der Waals surface area contributed by atoms with Gasteiger partial charge in [-0.1, -0.05) is 121 Å². The van der Waals surface area contributed by atoms with Crippen molar-refractivity contribution < 1.29 is 18.3 Å². The van der Waals surface area contributed by atoms with E-state index in [1.165, 1.54) is 52.9 Å². The fourth-order valence-corrected chi connectivity index (χ4v) is 8.99. The van der Waals surface area contributed by atoms with E-state index in [0.29, 0.717) is 23.1 Å². The number of ether oxygens (including phenoxy) is 1. The van der Waals surface area contributed by atoms with Crippen molar-refractivity contribution >= 4 is 23.1 Å². The van der Waals surface area contributed by atoms with Crippen LogP contribution < -0.4 is 11.1 Å². The lowest BCUT2D eigenvalue weighted by Crippen LogP contribution is -2.47. The summed E-state index contributed by atoms with van der Waals surface area (Å²) in [4.78, 5) is 19.4. The number of Topliss-reactive ketones (excluding diaryl/α,β-unsaturated/α-hetero) is 1. The highest BCUT2D eigenvalue weighted by atomic mass is 35.5. The fourth-order valence-electron chi connectivity index (χ4n) is 8.80. The van der Waals surface area contributed by atoms with Crippen molar-refractivity contribution in [2.24, 2.45) is 0 Å². The maximum atomic E-state index is 13.4. The first kappa shape index (κ1) is 51.1. The highest BCUT2D eigenvalue weighted by molar-refractivity contribution is 6.31. The van der Waals surface area contributed by atoms with Crippen molar-refractivity contribution in [1.82, 2.24) is 20.0 Å². The molecule has 354 valence electrons. The number of hydrogen-bond acceptors (Lipinski definition) is 7. The van der Waals surface area contributed by atoms with Crippen LogP contribution in [-0.2, 0) is 17.7 Å². The summed E-state index contributed by atoms with van der Waals surface area (Å²) < 4.78 is 33.0. The Hall–Kier alpha value is -5.26. The number of ketones is 1. The zero-order chi connectivity index (χ0) is 47.8. The monoisotopic (exact) mass is 928 g/mol. The van der Waals surface area contributed by atoms with Gasteiger partial charge in [0.15, 0.2) is 5.78 Å². The van der Waals surface area contributed by atoms with E-state index < -0.39 is 0 Å². The van der Waals surface area contributed by atoms with Gasteiger partial charge in [-0.2, -0.15) is 0 Å². The number of anilines is 1. The standard InChI is InChI=1S/C28H32F2N2O.C16H18N2.C13H18ClNO/c29-26-12-8-24(9-13-26)28(25-10-14-27(30)15-11-25)33-22-21-32-19-17-31(18-20-32)16-4-7-23-5-2-1-3-6-23;1-18-10-14(12-6-3-2-4-7-12)13-8-5-9-16(17)15(13)11-18;1-9(15-13(2,3)4)12(16)10-6-5-7-11(14)8-10/h1-3,5-6,8-15,28H,4,7,16-22H2;2-9,14H,10-11,17H2,1H3;5-9,15H,1-4H3. The predicted molar refractivity (Wildman–Crippen MR) is 272 cm³/mol. The molecule has 2 atom stereocenters. The van der Waals surface area contributed by atoms with Gasteiger partial charge in [0.2, 0.25) is 0 Å². The molecule has 10 heteroatoms. The van der Waals surface area contributed by atoms with Gasteiger partial charge >= 0.3 is 0 Å². The van der Waals surface area contributed by atoms with E-state index in [-0.39, 0.29) is 35.1 Å². The predicted octanol–water partition coefficient (Wildman–Crippen LogP) is 11.5. The number of fused-ring (bicyclic) bond motifs is 1. The van der Waals surface area contributed by atoms with Gasteiger partial charge in [0.1, 0.15) is 17.7 Å². The molecule has 3 N–H and O–H groups in total. The second kappa shape index (κ2) is 25.2. The third kappa shape index (κ3) is 16.2. The third-order valence-corrected chi connectivity index (χ3v) is 12.4. The van der Waals surface area contributed by atoms with Crippen molar-refractivity contribution in [3.8, 4) is 0 Å². The van der Waals surface area contributed by atoms with Gasteiger partial charge in [-0.05, 0) is 130 Å². The van der Waals surface area contributed by atoms with E-state index in [2.05, 4.69) is 99.9 Å². The number of piperazine rings is 1. The van der Waals surface area contributed by atoms with Crippen molar-refractivity contribution in [2.45, 2.75) is 70.7 Å². The number of aryl methyl sites for hydroxylation is 1. The van der Waals surface area contributed by atoms with E-state index in [1.54, 1.807) is 48.5 Å². The van der Waals surface area contributed by atoms with Crippen LogP contribution in [0.4, 0.5) is 14.5 Å². The molecule has 1 saturated heterocycles. The quantitative estimate of drug-likeness (QED) is 0.0833. The number of nitrogens with zero attached hydrogens (tertiary/aromatic N) is 3. The largest absolute Gasteiger partial charge is 0.398 e. The zero-order valence-corrected chi connectivity index (χ0v) is 40.6. The molecule has 0 saturated carbocycles. The molecule has 0 bridgehead atoms. The van der Waals surface area contributed by atoms with Gasteiger partial charge in [-0.15, -0.1) is 0 Å². The minimum atomic E-state index is -0.342. The summed E-state index contributed by atoms with van der Waals surface area (Å²) in [7, 11) is 2.16. The molecule has 2 aliphatic rings. The molecule has 2 heterocycles. The van der Waals surface area contributed by atoms with E-state index in [1.807, 2.05) is 33.8 Å². The summed E-state index contributed by atoms with van der Waals surface area (Å²) in [5.74, 6) is -0.0580. The Balaban J connectivity index is 0.000000183. The van der Waals surface area contributed by atoms with Crippen molar-refractivity contribution in [1.29, 1.82) is 0 Å². The fraction of sp³-hybridized carbons (Fsp3) is 0.351. The first-order chi connectivity index (χ1) is 32.2. The van der Waals surface area contributed by atoms with Gasteiger partial charge in [-0.25, -0.2) is 8.78 Å². The van der Waals surface area contributed by atoms with Gasteiger partial charge < -0.3 is 25.6 Å². The minimum Gasteiger partial charge on any atom is -0.398 e. The Kier molecular flexibility index (Phi) is 19.2. The molecule has 67 heavy (non-hydrogen) atoms. The number of carbonyl (C=O) groups excluding carboxylic acids is 1.